The van der Waals surface area contributed by atoms with Crippen LogP contribution in [0, 0.1) is 11.3 Å². The van der Waals surface area contributed by atoms with Gasteiger partial charge in [0.2, 0.25) is 0 Å². The van der Waals surface area contributed by atoms with Crippen LogP contribution in [0.2, 0.25) is 0 Å². The Morgan fingerprint density at radius 1 is 0.444 bits per heavy atom. The van der Waals surface area contributed by atoms with Crippen molar-refractivity contribution < 1.29 is 0 Å². The first-order chi connectivity index (χ1) is 13.4. The van der Waals surface area contributed by atoms with Crippen LogP contribution >= 0.6 is 7.26 Å². The van der Waals surface area contributed by atoms with E-state index >= 15 is 0 Å². The zero-order valence-corrected chi connectivity index (χ0v) is 15.9. The van der Waals surface area contributed by atoms with E-state index in [1.54, 1.807) is 0 Å². The Hall–Kier alpha value is -3.20. The summed E-state index contributed by atoms with van der Waals surface area (Å²) in [4.78, 5) is 0. The van der Waals surface area contributed by atoms with Crippen LogP contribution < -0.4 is 21.2 Å². The standard InChI is InChI=1S/C25H20NP/c26-20-21-16-18-25(19-17-21)27(22-10-4-1-5-11-22,23-12-6-2-7-13-23)24-14-8-3-9-15-24/h1-19,27H. The van der Waals surface area contributed by atoms with Gasteiger partial charge in [-0.1, -0.05) is 0 Å². The molecule has 0 fully saturated rings. The molecule has 0 amide bonds. The van der Waals surface area contributed by atoms with E-state index in [0.717, 1.165) is 0 Å². The first kappa shape index (κ1) is 17.2. The molecule has 0 unspecified atom stereocenters. The van der Waals surface area contributed by atoms with Gasteiger partial charge in [0.05, 0.1) is 0 Å². The van der Waals surface area contributed by atoms with Crippen molar-refractivity contribution in [2.75, 3.05) is 0 Å². The number of nitrogens with zero attached hydrogens (tertiary/aromatic N) is 1. The fourth-order valence-corrected chi connectivity index (χ4v) is 8.60. The second-order valence-corrected chi connectivity index (χ2v) is 10.3. The van der Waals surface area contributed by atoms with E-state index in [4.69, 9.17) is 0 Å². The molecule has 0 spiro atoms. The maximum absolute atomic E-state index is 9.24. The predicted octanol–water partition coefficient (Wildman–Crippen LogP) is 3.91. The summed E-state index contributed by atoms with van der Waals surface area (Å²) < 4.78 is 0. The van der Waals surface area contributed by atoms with Gasteiger partial charge in [0.1, 0.15) is 0 Å². The Morgan fingerprint density at radius 3 is 1.11 bits per heavy atom. The third-order valence-electron chi connectivity index (χ3n) is 5.07. The van der Waals surface area contributed by atoms with E-state index in [1.165, 1.54) is 21.2 Å². The van der Waals surface area contributed by atoms with Gasteiger partial charge >= 0.3 is 161 Å². The summed E-state index contributed by atoms with van der Waals surface area (Å²) in [6.07, 6.45) is 0. The molecule has 0 aliphatic heterocycles. The van der Waals surface area contributed by atoms with Crippen molar-refractivity contribution in [3.05, 3.63) is 121 Å². The number of hydrogen-bond acceptors (Lipinski definition) is 1. The van der Waals surface area contributed by atoms with E-state index in [9.17, 15) is 5.26 Å². The number of rotatable bonds is 4. The van der Waals surface area contributed by atoms with E-state index in [2.05, 4.69) is 109 Å². The molecule has 4 aromatic rings. The summed E-state index contributed by atoms with van der Waals surface area (Å²) in [5.41, 5.74) is 0.691. The first-order valence-corrected chi connectivity index (χ1v) is 11.0. The summed E-state index contributed by atoms with van der Waals surface area (Å²) in [6.45, 7) is 0. The molecule has 130 valence electrons. The summed E-state index contributed by atoms with van der Waals surface area (Å²) in [6, 6.07) is 42.7. The predicted molar refractivity (Wildman–Crippen MR) is 117 cm³/mol. The molecule has 0 aliphatic rings. The van der Waals surface area contributed by atoms with Gasteiger partial charge in [0, 0.05) is 0 Å². The van der Waals surface area contributed by atoms with Gasteiger partial charge in [-0.3, -0.25) is 0 Å². The quantitative estimate of drug-likeness (QED) is 0.503. The van der Waals surface area contributed by atoms with Crippen LogP contribution in [0.4, 0.5) is 0 Å². The van der Waals surface area contributed by atoms with Crippen molar-refractivity contribution in [2.45, 2.75) is 0 Å². The second-order valence-electron chi connectivity index (χ2n) is 6.54. The third kappa shape index (κ3) is 3.06. The molecule has 4 aromatic carbocycles. The van der Waals surface area contributed by atoms with Gasteiger partial charge < -0.3 is 0 Å². The molecular weight excluding hydrogens is 345 g/mol. The van der Waals surface area contributed by atoms with Crippen molar-refractivity contribution in [3.63, 3.8) is 0 Å². The van der Waals surface area contributed by atoms with Gasteiger partial charge in [-0.05, 0) is 0 Å². The van der Waals surface area contributed by atoms with Crippen LogP contribution in [0.15, 0.2) is 115 Å². The average Bonchev–Trinajstić information content (AvgIpc) is 2.77. The van der Waals surface area contributed by atoms with Crippen molar-refractivity contribution >= 4 is 28.5 Å². The van der Waals surface area contributed by atoms with Gasteiger partial charge in [-0.2, -0.15) is 0 Å². The monoisotopic (exact) mass is 365 g/mol. The van der Waals surface area contributed by atoms with E-state index in [0.29, 0.717) is 5.56 Å². The molecule has 0 saturated carbocycles. The van der Waals surface area contributed by atoms with Gasteiger partial charge in [-0.15, -0.1) is 0 Å². The van der Waals surface area contributed by atoms with Crippen molar-refractivity contribution in [3.8, 4) is 6.07 Å². The van der Waals surface area contributed by atoms with Crippen molar-refractivity contribution in [1.82, 2.24) is 0 Å². The van der Waals surface area contributed by atoms with Crippen molar-refractivity contribution in [1.29, 1.82) is 5.26 Å². The topological polar surface area (TPSA) is 23.8 Å². The molecule has 0 radical (unpaired) electrons. The minimum atomic E-state index is -2.45. The van der Waals surface area contributed by atoms with Gasteiger partial charge in [-0.25, -0.2) is 0 Å². The normalized spacial score (nSPS) is 11.5. The number of hydrogen-bond donors (Lipinski definition) is 0. The first-order valence-electron chi connectivity index (χ1n) is 9.03. The summed E-state index contributed by atoms with van der Waals surface area (Å²) in [5.74, 6) is 0. The van der Waals surface area contributed by atoms with E-state index < -0.39 is 7.26 Å². The van der Waals surface area contributed by atoms with Crippen LogP contribution in [-0.2, 0) is 0 Å². The van der Waals surface area contributed by atoms with Crippen LogP contribution in [-0.4, -0.2) is 0 Å². The Kier molecular flexibility index (Phi) is 4.84. The Morgan fingerprint density at radius 2 is 0.778 bits per heavy atom. The Balaban J connectivity index is 2.11. The Bertz CT molecular complexity index is 953. The number of nitriles is 1. The average molecular weight is 365 g/mol. The van der Waals surface area contributed by atoms with E-state index in [-0.39, 0.29) is 0 Å². The summed E-state index contributed by atoms with van der Waals surface area (Å²) >= 11 is 0. The molecular formula is C25H20NP. The zero-order valence-electron chi connectivity index (χ0n) is 14.9. The van der Waals surface area contributed by atoms with Gasteiger partial charge in [0.15, 0.2) is 0 Å². The van der Waals surface area contributed by atoms with Crippen molar-refractivity contribution in [2.24, 2.45) is 0 Å². The molecule has 0 saturated heterocycles. The van der Waals surface area contributed by atoms with E-state index in [1.807, 2.05) is 12.1 Å². The fourth-order valence-electron chi connectivity index (χ4n) is 3.86. The molecule has 0 bridgehead atoms. The molecule has 0 N–H and O–H groups in total. The Labute approximate surface area is 160 Å². The van der Waals surface area contributed by atoms with Crippen LogP contribution in [0.25, 0.3) is 0 Å². The molecule has 0 atom stereocenters. The third-order valence-corrected chi connectivity index (χ3v) is 9.86. The molecule has 0 aliphatic carbocycles. The molecule has 1 nitrogen and oxygen atoms in total. The molecule has 2 heteroatoms. The van der Waals surface area contributed by atoms with Crippen LogP contribution in [0.3, 0.4) is 0 Å². The van der Waals surface area contributed by atoms with Gasteiger partial charge in [0.25, 0.3) is 0 Å². The molecule has 27 heavy (non-hydrogen) atoms. The number of benzene rings is 4. The van der Waals surface area contributed by atoms with Crippen LogP contribution in [0.5, 0.6) is 0 Å². The summed E-state index contributed by atoms with van der Waals surface area (Å²) in [5, 5.41) is 14.5. The zero-order chi connectivity index (χ0) is 18.5. The fraction of sp³-hybridized carbons (Fsp3) is 0. The SMILES string of the molecule is N#Cc1ccc([PH](c2ccccc2)(c2ccccc2)c2ccccc2)cc1. The molecule has 0 aromatic heterocycles. The summed E-state index contributed by atoms with van der Waals surface area (Å²) in [7, 11) is -2.45. The second kappa shape index (κ2) is 7.58. The molecule has 0 heterocycles. The minimum absolute atomic E-state index is 0.691. The maximum atomic E-state index is 9.24. The van der Waals surface area contributed by atoms with Crippen LogP contribution in [0.1, 0.15) is 5.56 Å². The molecule has 4 rings (SSSR count).